The molecule has 0 spiro atoms. The van der Waals surface area contributed by atoms with Gasteiger partial charge >= 0.3 is 0 Å². The summed E-state index contributed by atoms with van der Waals surface area (Å²) < 4.78 is 24.9. The number of halogens is 1. The van der Waals surface area contributed by atoms with Gasteiger partial charge in [0.15, 0.2) is 11.6 Å². The Hall–Kier alpha value is -1.13. The van der Waals surface area contributed by atoms with E-state index >= 15 is 0 Å². The van der Waals surface area contributed by atoms with Crippen molar-refractivity contribution in [1.29, 1.82) is 0 Å². The maximum atomic E-state index is 13.9. The lowest BCUT2D eigenvalue weighted by Crippen LogP contribution is -2.20. The van der Waals surface area contributed by atoms with Crippen LogP contribution < -0.4 is 10.1 Å². The van der Waals surface area contributed by atoms with E-state index in [-0.39, 0.29) is 5.82 Å². The third-order valence-electron chi connectivity index (χ3n) is 3.03. The lowest BCUT2D eigenvalue weighted by atomic mass is 10.1. The molecule has 1 N–H and O–H groups in total. The third-order valence-corrected chi connectivity index (χ3v) is 3.03. The fraction of sp³-hybridized carbons (Fsp3) is 0.647. The number of benzene rings is 1. The van der Waals surface area contributed by atoms with Crippen LogP contribution in [-0.2, 0) is 11.3 Å². The summed E-state index contributed by atoms with van der Waals surface area (Å²) in [5.74, 6) is 0.593. The van der Waals surface area contributed by atoms with Crippen LogP contribution >= 0.6 is 0 Å². The quantitative estimate of drug-likeness (QED) is 0.631. The van der Waals surface area contributed by atoms with Crippen LogP contribution in [0.5, 0.6) is 5.75 Å². The van der Waals surface area contributed by atoms with Gasteiger partial charge in [0.1, 0.15) is 6.61 Å². The fourth-order valence-electron chi connectivity index (χ4n) is 1.90. The van der Waals surface area contributed by atoms with Crippen LogP contribution in [0, 0.1) is 11.7 Å². The molecule has 1 aromatic carbocycles. The van der Waals surface area contributed by atoms with E-state index in [2.05, 4.69) is 26.1 Å². The summed E-state index contributed by atoms with van der Waals surface area (Å²) in [6.07, 6.45) is 2.16. The van der Waals surface area contributed by atoms with E-state index in [0.29, 0.717) is 31.4 Å². The van der Waals surface area contributed by atoms with E-state index in [1.54, 1.807) is 6.07 Å². The van der Waals surface area contributed by atoms with Crippen LogP contribution in [0.3, 0.4) is 0 Å². The second kappa shape index (κ2) is 10.6. The molecule has 21 heavy (non-hydrogen) atoms. The molecule has 4 heteroatoms. The highest BCUT2D eigenvalue weighted by atomic mass is 19.1. The minimum atomic E-state index is -0.313. The van der Waals surface area contributed by atoms with Crippen LogP contribution in [0.1, 0.15) is 39.2 Å². The molecular formula is C17H28FNO2. The van der Waals surface area contributed by atoms with Gasteiger partial charge in [0.25, 0.3) is 0 Å². The van der Waals surface area contributed by atoms with E-state index in [9.17, 15) is 4.39 Å². The van der Waals surface area contributed by atoms with Crippen LogP contribution in [-0.4, -0.2) is 26.4 Å². The molecule has 0 unspecified atom stereocenters. The number of nitrogens with one attached hydrogen (secondary N) is 1. The lowest BCUT2D eigenvalue weighted by molar-refractivity contribution is 0.0962. The minimum absolute atomic E-state index is 0.313. The second-order valence-corrected chi connectivity index (χ2v) is 5.57. The summed E-state index contributed by atoms with van der Waals surface area (Å²) in [5, 5.41) is 3.31. The number of hydrogen-bond donors (Lipinski definition) is 1. The average molecular weight is 297 g/mol. The van der Waals surface area contributed by atoms with Crippen LogP contribution in [0.25, 0.3) is 0 Å². The maximum Gasteiger partial charge on any atom is 0.165 e. The Labute approximate surface area is 127 Å². The Morgan fingerprint density at radius 3 is 2.71 bits per heavy atom. The van der Waals surface area contributed by atoms with Gasteiger partial charge in [-0.15, -0.1) is 0 Å². The van der Waals surface area contributed by atoms with Crippen molar-refractivity contribution < 1.29 is 13.9 Å². The maximum absolute atomic E-state index is 13.9. The molecule has 1 aromatic rings. The summed E-state index contributed by atoms with van der Waals surface area (Å²) in [4.78, 5) is 0. The SMILES string of the molecule is CCCCOCCOc1c(F)cccc1CNCC(C)C. The molecule has 0 amide bonds. The predicted octanol–water partition coefficient (Wildman–Crippen LogP) is 3.77. The summed E-state index contributed by atoms with van der Waals surface area (Å²) in [6.45, 7) is 9.52. The average Bonchev–Trinajstić information content (AvgIpc) is 2.44. The molecule has 0 heterocycles. The molecule has 0 saturated heterocycles. The van der Waals surface area contributed by atoms with Gasteiger partial charge in [-0.25, -0.2) is 4.39 Å². The van der Waals surface area contributed by atoms with E-state index in [0.717, 1.165) is 31.6 Å². The first kappa shape index (κ1) is 17.9. The zero-order chi connectivity index (χ0) is 15.5. The summed E-state index contributed by atoms with van der Waals surface area (Å²) in [5.41, 5.74) is 0.851. The third kappa shape index (κ3) is 7.44. The first-order valence-electron chi connectivity index (χ1n) is 7.83. The van der Waals surface area contributed by atoms with Gasteiger partial charge in [-0.1, -0.05) is 39.3 Å². The summed E-state index contributed by atoms with van der Waals surface area (Å²) >= 11 is 0. The molecule has 0 bridgehead atoms. The monoisotopic (exact) mass is 297 g/mol. The zero-order valence-corrected chi connectivity index (χ0v) is 13.5. The van der Waals surface area contributed by atoms with Crippen LogP contribution in [0.4, 0.5) is 4.39 Å². The van der Waals surface area contributed by atoms with Crippen LogP contribution in [0.15, 0.2) is 18.2 Å². The predicted molar refractivity (Wildman–Crippen MR) is 84.2 cm³/mol. The van der Waals surface area contributed by atoms with Crippen molar-refractivity contribution in [3.63, 3.8) is 0 Å². The molecule has 0 aromatic heterocycles. The van der Waals surface area contributed by atoms with Gasteiger partial charge in [-0.2, -0.15) is 0 Å². The second-order valence-electron chi connectivity index (χ2n) is 5.57. The van der Waals surface area contributed by atoms with Crippen molar-refractivity contribution in [2.45, 2.75) is 40.2 Å². The number of hydrogen-bond acceptors (Lipinski definition) is 3. The molecule has 3 nitrogen and oxygen atoms in total. The first-order chi connectivity index (χ1) is 10.1. The van der Waals surface area contributed by atoms with Gasteiger partial charge in [0, 0.05) is 18.7 Å². The van der Waals surface area contributed by atoms with Crippen molar-refractivity contribution >= 4 is 0 Å². The van der Waals surface area contributed by atoms with Crippen LogP contribution in [0.2, 0.25) is 0 Å². The lowest BCUT2D eigenvalue weighted by Gasteiger charge is -2.14. The molecule has 0 aliphatic heterocycles. The number of unbranched alkanes of at least 4 members (excludes halogenated alkanes) is 1. The normalized spacial score (nSPS) is 11.1. The van der Waals surface area contributed by atoms with Crippen molar-refractivity contribution in [2.24, 2.45) is 5.92 Å². The topological polar surface area (TPSA) is 30.5 Å². The van der Waals surface area contributed by atoms with Gasteiger partial charge < -0.3 is 14.8 Å². The van der Waals surface area contributed by atoms with Crippen molar-refractivity contribution in [1.82, 2.24) is 5.32 Å². The minimum Gasteiger partial charge on any atom is -0.488 e. The van der Waals surface area contributed by atoms with Gasteiger partial charge in [-0.3, -0.25) is 0 Å². The highest BCUT2D eigenvalue weighted by Gasteiger charge is 2.09. The van der Waals surface area contributed by atoms with Gasteiger partial charge in [0.2, 0.25) is 0 Å². The molecule has 1 rings (SSSR count). The standard InChI is InChI=1S/C17H28FNO2/c1-4-5-9-20-10-11-21-17-15(7-6-8-16(17)18)13-19-12-14(2)3/h6-8,14,19H,4-5,9-13H2,1-3H3. The molecule has 0 saturated carbocycles. The Balaban J connectivity index is 2.43. The highest BCUT2D eigenvalue weighted by Crippen LogP contribution is 2.22. The highest BCUT2D eigenvalue weighted by molar-refractivity contribution is 5.34. The number of ether oxygens (including phenoxy) is 2. The van der Waals surface area contributed by atoms with Crippen molar-refractivity contribution in [3.05, 3.63) is 29.6 Å². The van der Waals surface area contributed by atoms with Crippen molar-refractivity contribution in [2.75, 3.05) is 26.4 Å². The van der Waals surface area contributed by atoms with Gasteiger partial charge in [-0.05, 0) is 24.9 Å². The first-order valence-corrected chi connectivity index (χ1v) is 7.83. The molecule has 0 aliphatic rings. The Morgan fingerprint density at radius 2 is 2.00 bits per heavy atom. The number of rotatable bonds is 11. The molecule has 0 aliphatic carbocycles. The number of para-hydroxylation sites is 1. The molecule has 0 radical (unpaired) electrons. The van der Waals surface area contributed by atoms with Crippen molar-refractivity contribution in [3.8, 4) is 5.75 Å². The molecular weight excluding hydrogens is 269 g/mol. The molecule has 120 valence electrons. The summed E-state index contributed by atoms with van der Waals surface area (Å²) in [6, 6.07) is 5.04. The largest absolute Gasteiger partial charge is 0.488 e. The Bertz CT molecular complexity index is 396. The summed E-state index contributed by atoms with van der Waals surface area (Å²) in [7, 11) is 0. The fourth-order valence-corrected chi connectivity index (χ4v) is 1.90. The van der Waals surface area contributed by atoms with E-state index < -0.39 is 0 Å². The molecule has 0 atom stereocenters. The Morgan fingerprint density at radius 1 is 1.19 bits per heavy atom. The van der Waals surface area contributed by atoms with E-state index in [4.69, 9.17) is 9.47 Å². The molecule has 0 fully saturated rings. The van der Waals surface area contributed by atoms with E-state index in [1.807, 2.05) is 6.07 Å². The Kier molecular flexibility index (Phi) is 9.02. The smallest absolute Gasteiger partial charge is 0.165 e. The van der Waals surface area contributed by atoms with E-state index in [1.165, 1.54) is 6.07 Å². The zero-order valence-electron chi connectivity index (χ0n) is 13.5. The van der Waals surface area contributed by atoms with Gasteiger partial charge in [0.05, 0.1) is 6.61 Å².